The summed E-state index contributed by atoms with van der Waals surface area (Å²) in [4.78, 5) is 2.36. The Kier molecular flexibility index (Phi) is 8.67. The summed E-state index contributed by atoms with van der Waals surface area (Å²) in [6, 6.07) is 7.95. The van der Waals surface area contributed by atoms with Gasteiger partial charge in [-0.1, -0.05) is 38.1 Å². The van der Waals surface area contributed by atoms with Crippen molar-refractivity contribution in [3.63, 3.8) is 0 Å². The summed E-state index contributed by atoms with van der Waals surface area (Å²) in [6.07, 6.45) is 3.50. The van der Waals surface area contributed by atoms with Gasteiger partial charge in [-0.25, -0.2) is 0 Å². The van der Waals surface area contributed by atoms with Gasteiger partial charge in [-0.15, -0.1) is 19.0 Å². The molecule has 1 saturated heterocycles. The molecule has 0 saturated carbocycles. The average Bonchev–Trinajstić information content (AvgIpc) is 2.45. The molecule has 0 amide bonds. The highest BCUT2D eigenvalue weighted by molar-refractivity contribution is 5.85. The first kappa shape index (κ1) is 20.0. The van der Waals surface area contributed by atoms with Crippen LogP contribution in [0.15, 0.2) is 36.9 Å². The number of hydrogen-bond donors (Lipinski definition) is 1. The van der Waals surface area contributed by atoms with Gasteiger partial charge in [0.1, 0.15) is 18.5 Å². The van der Waals surface area contributed by atoms with E-state index in [4.69, 9.17) is 4.74 Å². The molecule has 2 rings (SSSR count). The first-order chi connectivity index (χ1) is 10.6. The van der Waals surface area contributed by atoms with Crippen molar-refractivity contribution in [2.45, 2.75) is 32.8 Å². The van der Waals surface area contributed by atoms with Gasteiger partial charge in [0.05, 0.1) is 0 Å². The Hall–Kier alpha value is -1.03. The molecule has 3 unspecified atom stereocenters. The van der Waals surface area contributed by atoms with Crippen LogP contribution in [0, 0.1) is 11.8 Å². The second-order valence-electron chi connectivity index (χ2n) is 6.73. The number of likely N-dealkylation sites (tertiary alicyclic amines) is 1. The van der Waals surface area contributed by atoms with Gasteiger partial charge < -0.3 is 14.7 Å². The summed E-state index contributed by atoms with van der Waals surface area (Å²) in [6.45, 7) is 11.5. The number of benzene rings is 1. The highest BCUT2D eigenvalue weighted by atomic mass is 35.5. The number of nitrogens with zero attached hydrogens (tertiary/aromatic N) is 1. The predicted octanol–water partition coefficient (Wildman–Crippen LogP) is 3.55. The van der Waals surface area contributed by atoms with Crippen molar-refractivity contribution >= 4 is 12.4 Å². The Labute approximate surface area is 146 Å². The predicted molar refractivity (Wildman–Crippen MR) is 98.5 cm³/mol. The van der Waals surface area contributed by atoms with Crippen molar-refractivity contribution in [1.29, 1.82) is 0 Å². The minimum absolute atomic E-state index is 0. The van der Waals surface area contributed by atoms with Crippen molar-refractivity contribution < 1.29 is 9.84 Å². The fourth-order valence-corrected chi connectivity index (χ4v) is 3.45. The number of halogens is 1. The molecule has 0 radical (unpaired) electrons. The maximum Gasteiger partial charge on any atom is 0.122 e. The zero-order chi connectivity index (χ0) is 15.9. The van der Waals surface area contributed by atoms with Gasteiger partial charge >= 0.3 is 0 Å². The van der Waals surface area contributed by atoms with Crippen molar-refractivity contribution in [1.82, 2.24) is 4.90 Å². The molecule has 1 aromatic carbocycles. The molecular weight excluding hydrogens is 310 g/mol. The molecular formula is C19H30ClNO2. The lowest BCUT2D eigenvalue weighted by atomic mass is 9.92. The second-order valence-corrected chi connectivity index (χ2v) is 6.73. The van der Waals surface area contributed by atoms with Crippen LogP contribution in [0.5, 0.6) is 5.75 Å². The Bertz CT molecular complexity index is 470. The number of piperidine rings is 1. The summed E-state index contributed by atoms with van der Waals surface area (Å²) in [5, 5.41) is 10.3. The molecule has 1 N–H and O–H groups in total. The van der Waals surface area contributed by atoms with E-state index < -0.39 is 6.10 Å². The van der Waals surface area contributed by atoms with E-state index in [9.17, 15) is 5.11 Å². The normalized spacial score (nSPS) is 22.9. The second kappa shape index (κ2) is 9.96. The van der Waals surface area contributed by atoms with Gasteiger partial charge in [0.2, 0.25) is 0 Å². The molecule has 1 aliphatic heterocycles. The van der Waals surface area contributed by atoms with Crippen LogP contribution in [0.3, 0.4) is 0 Å². The van der Waals surface area contributed by atoms with Crippen molar-refractivity contribution in [2.24, 2.45) is 11.8 Å². The number of rotatable bonds is 7. The molecule has 0 spiro atoms. The fraction of sp³-hybridized carbons (Fsp3) is 0.579. The van der Waals surface area contributed by atoms with E-state index in [0.29, 0.717) is 25.0 Å². The Morgan fingerprint density at radius 3 is 2.61 bits per heavy atom. The SMILES string of the molecule is C=CCc1ccccc1OCC(O)CN1CC(C)CC(C)C1.Cl. The third-order valence-electron chi connectivity index (χ3n) is 4.18. The van der Waals surface area contributed by atoms with Crippen LogP contribution < -0.4 is 4.74 Å². The van der Waals surface area contributed by atoms with E-state index in [2.05, 4.69) is 25.3 Å². The van der Waals surface area contributed by atoms with Crippen LogP contribution in [-0.4, -0.2) is 42.4 Å². The molecule has 1 heterocycles. The molecule has 0 aromatic heterocycles. The monoisotopic (exact) mass is 339 g/mol. The molecule has 1 fully saturated rings. The highest BCUT2D eigenvalue weighted by Crippen LogP contribution is 2.22. The summed E-state index contributed by atoms with van der Waals surface area (Å²) >= 11 is 0. The third-order valence-corrected chi connectivity index (χ3v) is 4.18. The maximum absolute atomic E-state index is 10.3. The van der Waals surface area contributed by atoms with Crippen LogP contribution >= 0.6 is 12.4 Å². The third kappa shape index (κ3) is 6.54. The van der Waals surface area contributed by atoms with Gasteiger partial charge in [0.15, 0.2) is 0 Å². The van der Waals surface area contributed by atoms with Crippen molar-refractivity contribution in [2.75, 3.05) is 26.2 Å². The lowest BCUT2D eigenvalue weighted by Gasteiger charge is -2.35. The Morgan fingerprint density at radius 1 is 1.30 bits per heavy atom. The number of allylic oxidation sites excluding steroid dienone is 1. The maximum atomic E-state index is 10.3. The Morgan fingerprint density at radius 2 is 1.96 bits per heavy atom. The minimum atomic E-state index is -0.450. The quantitative estimate of drug-likeness (QED) is 0.771. The summed E-state index contributed by atoms with van der Waals surface area (Å²) in [5.41, 5.74) is 1.12. The smallest absolute Gasteiger partial charge is 0.122 e. The lowest BCUT2D eigenvalue weighted by molar-refractivity contribution is 0.0427. The Balaban J connectivity index is 0.00000264. The van der Waals surface area contributed by atoms with Gasteiger partial charge in [0, 0.05) is 19.6 Å². The fourth-order valence-electron chi connectivity index (χ4n) is 3.45. The number of para-hydroxylation sites is 1. The van der Waals surface area contributed by atoms with Gasteiger partial charge in [0.25, 0.3) is 0 Å². The van der Waals surface area contributed by atoms with Crippen LogP contribution in [0.2, 0.25) is 0 Å². The number of aliphatic hydroxyl groups is 1. The van der Waals surface area contributed by atoms with E-state index >= 15 is 0 Å². The van der Waals surface area contributed by atoms with E-state index in [1.54, 1.807) is 0 Å². The number of β-amino-alcohol motifs (C(OH)–C–C–N with tert-alkyl or cyclic N) is 1. The zero-order valence-corrected chi connectivity index (χ0v) is 15.1. The number of ether oxygens (including phenoxy) is 1. The summed E-state index contributed by atoms with van der Waals surface area (Å²) in [7, 11) is 0. The van der Waals surface area contributed by atoms with Gasteiger partial charge in [-0.3, -0.25) is 0 Å². The first-order valence-electron chi connectivity index (χ1n) is 8.30. The zero-order valence-electron chi connectivity index (χ0n) is 14.3. The van der Waals surface area contributed by atoms with Crippen LogP contribution in [0.25, 0.3) is 0 Å². The van der Waals surface area contributed by atoms with Crippen LogP contribution in [0.1, 0.15) is 25.8 Å². The minimum Gasteiger partial charge on any atom is -0.491 e. The molecule has 3 nitrogen and oxygen atoms in total. The molecule has 1 aliphatic rings. The molecule has 130 valence electrons. The number of aliphatic hydroxyl groups excluding tert-OH is 1. The largest absolute Gasteiger partial charge is 0.491 e. The van der Waals surface area contributed by atoms with E-state index in [-0.39, 0.29) is 12.4 Å². The number of hydrogen-bond acceptors (Lipinski definition) is 3. The highest BCUT2D eigenvalue weighted by Gasteiger charge is 2.23. The van der Waals surface area contributed by atoms with Crippen LogP contribution in [0.4, 0.5) is 0 Å². The van der Waals surface area contributed by atoms with Gasteiger partial charge in [-0.2, -0.15) is 0 Å². The molecule has 0 bridgehead atoms. The summed E-state index contributed by atoms with van der Waals surface area (Å²) in [5.74, 6) is 2.28. The molecule has 4 heteroatoms. The standard InChI is InChI=1S/C19H29NO2.ClH/c1-4-7-17-8-5-6-9-19(17)22-14-18(21)13-20-11-15(2)10-16(3)12-20;/h4-6,8-9,15-16,18,21H,1,7,10-14H2,2-3H3;1H. The molecule has 1 aromatic rings. The first-order valence-corrected chi connectivity index (χ1v) is 8.30. The molecule has 3 atom stereocenters. The van der Waals surface area contributed by atoms with Gasteiger partial charge in [-0.05, 0) is 36.3 Å². The van der Waals surface area contributed by atoms with Crippen LogP contribution in [-0.2, 0) is 6.42 Å². The van der Waals surface area contributed by atoms with E-state index in [1.165, 1.54) is 6.42 Å². The van der Waals surface area contributed by atoms with E-state index in [0.717, 1.165) is 30.8 Å². The van der Waals surface area contributed by atoms with E-state index in [1.807, 2.05) is 30.3 Å². The van der Waals surface area contributed by atoms with Crippen molar-refractivity contribution in [3.05, 3.63) is 42.5 Å². The van der Waals surface area contributed by atoms with Crippen molar-refractivity contribution in [3.8, 4) is 5.75 Å². The lowest BCUT2D eigenvalue weighted by Crippen LogP contribution is -2.44. The molecule has 0 aliphatic carbocycles. The molecule has 23 heavy (non-hydrogen) atoms. The average molecular weight is 340 g/mol. The topological polar surface area (TPSA) is 32.7 Å². The summed E-state index contributed by atoms with van der Waals surface area (Å²) < 4.78 is 5.82.